The summed E-state index contributed by atoms with van der Waals surface area (Å²) >= 11 is 0. The molecule has 1 aliphatic rings. The Morgan fingerprint density at radius 3 is 2.12 bits per heavy atom. The number of carbonyl (C=O) groups is 2. The second kappa shape index (κ2) is 14.0. The van der Waals surface area contributed by atoms with Crippen LogP contribution < -0.4 is 9.62 Å². The molecule has 0 aliphatic heterocycles. The zero-order chi connectivity index (χ0) is 30.3. The van der Waals surface area contributed by atoms with Gasteiger partial charge in [0.05, 0.1) is 11.9 Å². The summed E-state index contributed by atoms with van der Waals surface area (Å²) in [7, 11) is -3.85. The molecule has 1 atom stereocenters. The fourth-order valence-corrected chi connectivity index (χ4v) is 6.43. The Morgan fingerprint density at radius 1 is 0.905 bits per heavy atom. The molecule has 1 fully saturated rings. The van der Waals surface area contributed by atoms with Crippen molar-refractivity contribution in [3.63, 3.8) is 0 Å². The predicted octanol–water partition coefficient (Wildman–Crippen LogP) is 5.30. The lowest BCUT2D eigenvalue weighted by Gasteiger charge is -2.35. The molecular weight excluding hydrogens is 553 g/mol. The zero-order valence-corrected chi connectivity index (χ0v) is 25.4. The minimum Gasteiger partial charge on any atom is -0.352 e. The molecule has 0 heterocycles. The zero-order valence-electron chi connectivity index (χ0n) is 24.6. The highest BCUT2D eigenvalue weighted by molar-refractivity contribution is 7.92. The maximum absolute atomic E-state index is 14.2. The summed E-state index contributed by atoms with van der Waals surface area (Å²) in [5.74, 6) is -1.22. The van der Waals surface area contributed by atoms with E-state index in [1.54, 1.807) is 24.3 Å². The molecule has 0 bridgehead atoms. The molecule has 224 valence electrons. The van der Waals surface area contributed by atoms with Crippen LogP contribution in [0, 0.1) is 19.7 Å². The van der Waals surface area contributed by atoms with Crippen LogP contribution in [0.25, 0.3) is 0 Å². The van der Waals surface area contributed by atoms with E-state index in [1.165, 1.54) is 17.0 Å². The Labute approximate surface area is 248 Å². The van der Waals surface area contributed by atoms with E-state index in [4.69, 9.17) is 0 Å². The van der Waals surface area contributed by atoms with Crippen LogP contribution in [-0.4, -0.2) is 50.0 Å². The second-order valence-corrected chi connectivity index (χ2v) is 13.2. The fraction of sp³-hybridized carbons (Fsp3) is 0.394. The van der Waals surface area contributed by atoms with Crippen molar-refractivity contribution in [2.75, 3.05) is 17.1 Å². The van der Waals surface area contributed by atoms with Crippen molar-refractivity contribution in [2.45, 2.75) is 71.0 Å². The van der Waals surface area contributed by atoms with Gasteiger partial charge < -0.3 is 10.2 Å². The van der Waals surface area contributed by atoms with E-state index < -0.39 is 34.3 Å². The molecule has 1 saturated carbocycles. The number of anilines is 1. The molecule has 1 aliphatic carbocycles. The van der Waals surface area contributed by atoms with Gasteiger partial charge in [0.1, 0.15) is 18.4 Å². The topological polar surface area (TPSA) is 86.8 Å². The highest BCUT2D eigenvalue weighted by atomic mass is 32.2. The molecule has 3 aromatic carbocycles. The Morgan fingerprint density at radius 2 is 1.52 bits per heavy atom. The van der Waals surface area contributed by atoms with Crippen LogP contribution in [0.5, 0.6) is 0 Å². The maximum Gasteiger partial charge on any atom is 0.244 e. The monoisotopic (exact) mass is 593 g/mol. The number of halogens is 1. The third-order valence-electron chi connectivity index (χ3n) is 7.66. The molecule has 2 amide bonds. The number of amides is 2. The normalized spacial score (nSPS) is 14.7. The van der Waals surface area contributed by atoms with Crippen LogP contribution in [0.15, 0.2) is 72.8 Å². The first-order chi connectivity index (χ1) is 20.0. The van der Waals surface area contributed by atoms with Crippen LogP contribution in [-0.2, 0) is 32.6 Å². The SMILES string of the molecule is Cc1cc(C)cc(N(CC(=O)N(Cc2ccc(F)cc2)[C@@H](Cc2ccccc2)C(=O)NC2CCCCC2)S(C)(=O)=O)c1. The van der Waals surface area contributed by atoms with Crippen molar-refractivity contribution in [3.8, 4) is 0 Å². The van der Waals surface area contributed by atoms with Gasteiger partial charge in [0, 0.05) is 19.0 Å². The van der Waals surface area contributed by atoms with E-state index in [1.807, 2.05) is 50.2 Å². The highest BCUT2D eigenvalue weighted by Crippen LogP contribution is 2.24. The van der Waals surface area contributed by atoms with Crippen molar-refractivity contribution < 1.29 is 22.4 Å². The van der Waals surface area contributed by atoms with Gasteiger partial charge >= 0.3 is 0 Å². The fourth-order valence-electron chi connectivity index (χ4n) is 5.59. The average molecular weight is 594 g/mol. The average Bonchev–Trinajstić information content (AvgIpc) is 2.94. The molecule has 3 aromatic rings. The third kappa shape index (κ3) is 8.64. The molecule has 0 unspecified atom stereocenters. The van der Waals surface area contributed by atoms with E-state index in [0.29, 0.717) is 11.3 Å². The standard InChI is InChI=1S/C33H40FN3O4S/c1-24-18-25(2)20-30(19-24)37(42(3,40)41)23-32(38)36(22-27-14-16-28(34)17-15-27)31(21-26-10-6-4-7-11-26)33(39)35-29-12-8-5-9-13-29/h4,6-7,10-11,14-20,29,31H,5,8-9,12-13,21-23H2,1-3H3,(H,35,39)/t31-/m0/s1. The van der Waals surface area contributed by atoms with Crippen LogP contribution in [0.4, 0.5) is 10.1 Å². The summed E-state index contributed by atoms with van der Waals surface area (Å²) in [5.41, 5.74) is 3.61. The number of nitrogens with one attached hydrogen (secondary N) is 1. The second-order valence-electron chi connectivity index (χ2n) is 11.3. The number of rotatable bonds is 11. The number of hydrogen-bond acceptors (Lipinski definition) is 4. The summed E-state index contributed by atoms with van der Waals surface area (Å²) in [5, 5.41) is 3.17. The van der Waals surface area contributed by atoms with Crippen molar-refractivity contribution in [3.05, 3.63) is 101 Å². The minimum absolute atomic E-state index is 0.0130. The molecule has 4 rings (SSSR count). The number of hydrogen-bond donors (Lipinski definition) is 1. The van der Waals surface area contributed by atoms with Gasteiger partial charge in [-0.2, -0.15) is 0 Å². The van der Waals surface area contributed by atoms with Gasteiger partial charge in [-0.05, 0) is 73.2 Å². The maximum atomic E-state index is 14.2. The highest BCUT2D eigenvalue weighted by Gasteiger charge is 2.34. The molecular formula is C33H40FN3O4S. The molecule has 0 saturated heterocycles. The van der Waals surface area contributed by atoms with Crippen LogP contribution in [0.2, 0.25) is 0 Å². The lowest BCUT2D eigenvalue weighted by molar-refractivity contribution is -0.140. The van der Waals surface area contributed by atoms with E-state index in [9.17, 15) is 22.4 Å². The Bertz CT molecular complexity index is 1450. The first-order valence-corrected chi connectivity index (χ1v) is 16.3. The number of carbonyl (C=O) groups excluding carboxylic acids is 2. The van der Waals surface area contributed by atoms with Crippen molar-refractivity contribution in [1.82, 2.24) is 10.2 Å². The lowest BCUT2D eigenvalue weighted by atomic mass is 9.94. The van der Waals surface area contributed by atoms with Crippen molar-refractivity contribution in [1.29, 1.82) is 0 Å². The number of sulfonamides is 1. The van der Waals surface area contributed by atoms with E-state index in [-0.39, 0.29) is 24.9 Å². The number of nitrogens with zero attached hydrogens (tertiary/aromatic N) is 2. The largest absolute Gasteiger partial charge is 0.352 e. The molecule has 0 radical (unpaired) electrons. The Hall–Kier alpha value is -3.72. The van der Waals surface area contributed by atoms with Gasteiger partial charge in [-0.3, -0.25) is 13.9 Å². The van der Waals surface area contributed by atoms with Gasteiger partial charge in [-0.15, -0.1) is 0 Å². The smallest absolute Gasteiger partial charge is 0.244 e. The summed E-state index contributed by atoms with van der Waals surface area (Å²) in [4.78, 5) is 29.6. The van der Waals surface area contributed by atoms with Crippen LogP contribution in [0.3, 0.4) is 0 Å². The molecule has 9 heteroatoms. The third-order valence-corrected chi connectivity index (χ3v) is 8.80. The van der Waals surface area contributed by atoms with Gasteiger partial charge in [-0.25, -0.2) is 12.8 Å². The van der Waals surface area contributed by atoms with E-state index in [0.717, 1.165) is 59.4 Å². The van der Waals surface area contributed by atoms with Crippen molar-refractivity contribution in [2.24, 2.45) is 0 Å². The summed E-state index contributed by atoms with van der Waals surface area (Å²) in [6.45, 7) is 3.26. The van der Waals surface area contributed by atoms with Crippen molar-refractivity contribution >= 4 is 27.5 Å². The molecule has 7 nitrogen and oxygen atoms in total. The first-order valence-electron chi connectivity index (χ1n) is 14.4. The van der Waals surface area contributed by atoms with Gasteiger partial charge in [0.25, 0.3) is 0 Å². The molecule has 1 N–H and O–H groups in total. The predicted molar refractivity (Wildman–Crippen MR) is 164 cm³/mol. The number of aryl methyl sites for hydroxylation is 2. The van der Waals surface area contributed by atoms with Crippen LogP contribution in [0.1, 0.15) is 54.4 Å². The molecule has 0 aromatic heterocycles. The Balaban J connectivity index is 1.73. The summed E-state index contributed by atoms with van der Waals surface area (Å²) < 4.78 is 40.8. The van der Waals surface area contributed by atoms with Gasteiger partial charge in [0.2, 0.25) is 21.8 Å². The van der Waals surface area contributed by atoms with E-state index in [2.05, 4.69) is 5.32 Å². The lowest BCUT2D eigenvalue weighted by Crippen LogP contribution is -2.55. The Kier molecular flexibility index (Phi) is 10.4. The first kappa shape index (κ1) is 31.2. The van der Waals surface area contributed by atoms with Gasteiger partial charge in [0.15, 0.2) is 0 Å². The van der Waals surface area contributed by atoms with Gasteiger partial charge in [-0.1, -0.05) is 67.8 Å². The molecule has 0 spiro atoms. The number of benzene rings is 3. The molecule has 42 heavy (non-hydrogen) atoms. The summed E-state index contributed by atoms with van der Waals surface area (Å²) in [6.07, 6.45) is 6.27. The van der Waals surface area contributed by atoms with Crippen LogP contribution >= 0.6 is 0 Å². The minimum atomic E-state index is -3.85. The summed E-state index contributed by atoms with van der Waals surface area (Å²) in [6, 6.07) is 19.7. The van der Waals surface area contributed by atoms with E-state index >= 15 is 0 Å². The quantitative estimate of drug-likeness (QED) is 0.327.